The summed E-state index contributed by atoms with van der Waals surface area (Å²) < 4.78 is 0. The lowest BCUT2D eigenvalue weighted by Crippen LogP contribution is -2.40. The molecule has 0 spiro atoms. The number of carboxylic acid groups (broad SMARTS) is 1. The highest BCUT2D eigenvalue weighted by molar-refractivity contribution is 5.87. The second-order valence-electron chi connectivity index (χ2n) is 5.85. The first kappa shape index (κ1) is 16.3. The first-order valence-electron chi connectivity index (χ1n) is 7.95. The van der Waals surface area contributed by atoms with Crippen molar-refractivity contribution in [1.29, 1.82) is 0 Å². The van der Waals surface area contributed by atoms with Gasteiger partial charge in [0.15, 0.2) is 0 Å². The number of rotatable bonds is 4. The summed E-state index contributed by atoms with van der Waals surface area (Å²) >= 11 is 0. The van der Waals surface area contributed by atoms with Gasteiger partial charge in [0.05, 0.1) is 5.56 Å². The van der Waals surface area contributed by atoms with Crippen LogP contribution in [0.3, 0.4) is 0 Å². The molecule has 1 saturated heterocycles. The van der Waals surface area contributed by atoms with Crippen molar-refractivity contribution in [2.24, 2.45) is 5.92 Å². The van der Waals surface area contributed by atoms with Crippen molar-refractivity contribution in [2.75, 3.05) is 13.1 Å². The number of likely N-dealkylation sites (tertiary alicyclic amines) is 1. The number of amides is 2. The molecule has 5 heteroatoms. The van der Waals surface area contributed by atoms with Gasteiger partial charge in [-0.2, -0.15) is 0 Å². The van der Waals surface area contributed by atoms with Crippen molar-refractivity contribution >= 4 is 12.0 Å². The number of benzene rings is 1. The van der Waals surface area contributed by atoms with Gasteiger partial charge in [-0.3, -0.25) is 0 Å². The Bertz CT molecular complexity index is 513. The van der Waals surface area contributed by atoms with Crippen molar-refractivity contribution in [3.8, 4) is 0 Å². The molecule has 2 N–H and O–H groups in total. The number of hydrogen-bond acceptors (Lipinski definition) is 2. The van der Waals surface area contributed by atoms with E-state index in [2.05, 4.69) is 12.2 Å². The van der Waals surface area contributed by atoms with Gasteiger partial charge in [-0.25, -0.2) is 9.59 Å². The van der Waals surface area contributed by atoms with Crippen LogP contribution in [-0.4, -0.2) is 35.1 Å². The lowest BCUT2D eigenvalue weighted by atomic mass is 9.98. The van der Waals surface area contributed by atoms with E-state index in [4.69, 9.17) is 5.11 Å². The fraction of sp³-hybridized carbons (Fsp3) is 0.529. The van der Waals surface area contributed by atoms with Crippen LogP contribution in [0.1, 0.15) is 48.5 Å². The second kappa shape index (κ2) is 7.82. The summed E-state index contributed by atoms with van der Waals surface area (Å²) in [6.07, 6.45) is 4.54. The number of carbonyl (C=O) groups excluding carboxylic acids is 1. The second-order valence-corrected chi connectivity index (χ2v) is 5.85. The van der Waals surface area contributed by atoms with Crippen molar-refractivity contribution in [3.63, 3.8) is 0 Å². The van der Waals surface area contributed by atoms with Gasteiger partial charge in [-0.1, -0.05) is 25.5 Å². The van der Waals surface area contributed by atoms with Gasteiger partial charge in [0, 0.05) is 19.6 Å². The summed E-state index contributed by atoms with van der Waals surface area (Å²) in [7, 11) is 0. The van der Waals surface area contributed by atoms with Crippen LogP contribution in [0.4, 0.5) is 4.79 Å². The number of carboxylic acids is 1. The maximum Gasteiger partial charge on any atom is 0.335 e. The minimum Gasteiger partial charge on any atom is -0.478 e. The molecular weight excluding hydrogens is 280 g/mol. The highest BCUT2D eigenvalue weighted by atomic mass is 16.4. The Morgan fingerprint density at radius 2 is 1.95 bits per heavy atom. The molecule has 2 rings (SSSR count). The number of carbonyl (C=O) groups is 2. The lowest BCUT2D eigenvalue weighted by molar-refractivity contribution is 0.0697. The van der Waals surface area contributed by atoms with E-state index in [0.29, 0.717) is 6.54 Å². The van der Waals surface area contributed by atoms with Gasteiger partial charge in [0.1, 0.15) is 0 Å². The average Bonchev–Trinajstić information content (AvgIpc) is 2.78. The topological polar surface area (TPSA) is 69.6 Å². The third-order valence-electron chi connectivity index (χ3n) is 4.36. The van der Waals surface area contributed by atoms with Gasteiger partial charge in [0.25, 0.3) is 0 Å². The van der Waals surface area contributed by atoms with Gasteiger partial charge in [-0.15, -0.1) is 0 Å². The zero-order chi connectivity index (χ0) is 15.9. The highest BCUT2D eigenvalue weighted by Crippen LogP contribution is 2.20. The predicted molar refractivity (Wildman–Crippen MR) is 84.8 cm³/mol. The van der Waals surface area contributed by atoms with E-state index < -0.39 is 5.97 Å². The Labute approximate surface area is 131 Å². The third-order valence-corrected chi connectivity index (χ3v) is 4.36. The zero-order valence-corrected chi connectivity index (χ0v) is 13.0. The maximum atomic E-state index is 12.2. The lowest BCUT2D eigenvalue weighted by Gasteiger charge is -2.21. The molecule has 1 heterocycles. The molecule has 1 fully saturated rings. The van der Waals surface area contributed by atoms with E-state index in [1.807, 2.05) is 4.90 Å². The minimum atomic E-state index is -0.939. The molecule has 2 amide bonds. The quantitative estimate of drug-likeness (QED) is 0.898. The molecule has 0 radical (unpaired) electrons. The van der Waals surface area contributed by atoms with E-state index in [1.54, 1.807) is 24.3 Å². The first-order valence-corrected chi connectivity index (χ1v) is 7.95. The number of nitrogens with zero attached hydrogens (tertiary/aromatic N) is 1. The van der Waals surface area contributed by atoms with Crippen LogP contribution < -0.4 is 5.32 Å². The SMILES string of the molecule is CCC1CCCN(C(=O)NCc2ccc(C(=O)O)cc2)CC1. The standard InChI is InChI=1S/C17H24N2O3/c1-2-13-4-3-10-19(11-9-13)17(22)18-12-14-5-7-15(8-6-14)16(20)21/h5-8,13H,2-4,9-12H2,1H3,(H,18,22)(H,20,21). The van der Waals surface area contributed by atoms with Gasteiger partial charge < -0.3 is 15.3 Å². The summed E-state index contributed by atoms with van der Waals surface area (Å²) in [6.45, 7) is 4.27. The van der Waals surface area contributed by atoms with Gasteiger partial charge in [-0.05, 0) is 42.9 Å². The van der Waals surface area contributed by atoms with Crippen LogP contribution in [0.5, 0.6) is 0 Å². The van der Waals surface area contributed by atoms with Gasteiger partial charge in [0.2, 0.25) is 0 Å². The fourth-order valence-corrected chi connectivity index (χ4v) is 2.83. The van der Waals surface area contributed by atoms with Gasteiger partial charge >= 0.3 is 12.0 Å². The Morgan fingerprint density at radius 1 is 1.23 bits per heavy atom. The molecule has 1 aliphatic heterocycles. The summed E-state index contributed by atoms with van der Waals surface area (Å²) in [6, 6.07) is 6.56. The van der Waals surface area contributed by atoms with E-state index in [9.17, 15) is 9.59 Å². The molecule has 0 saturated carbocycles. The van der Waals surface area contributed by atoms with Crippen LogP contribution >= 0.6 is 0 Å². The molecule has 1 aromatic carbocycles. The summed E-state index contributed by atoms with van der Waals surface area (Å²) in [5.74, 6) is -0.202. The predicted octanol–water partition coefficient (Wildman–Crippen LogP) is 3.11. The Hall–Kier alpha value is -2.04. The van der Waals surface area contributed by atoms with Crippen LogP contribution in [0.15, 0.2) is 24.3 Å². The molecule has 1 aliphatic rings. The minimum absolute atomic E-state index is 0.0286. The number of hydrogen-bond donors (Lipinski definition) is 2. The largest absolute Gasteiger partial charge is 0.478 e. The molecule has 1 aromatic rings. The van der Waals surface area contributed by atoms with E-state index in [-0.39, 0.29) is 11.6 Å². The van der Waals surface area contributed by atoms with Crippen molar-refractivity contribution < 1.29 is 14.7 Å². The maximum absolute atomic E-state index is 12.2. The van der Waals surface area contributed by atoms with Crippen LogP contribution in [0.2, 0.25) is 0 Å². The zero-order valence-electron chi connectivity index (χ0n) is 13.0. The Balaban J connectivity index is 1.83. The fourth-order valence-electron chi connectivity index (χ4n) is 2.83. The van der Waals surface area contributed by atoms with Crippen LogP contribution in [0.25, 0.3) is 0 Å². The molecule has 120 valence electrons. The molecule has 5 nitrogen and oxygen atoms in total. The monoisotopic (exact) mass is 304 g/mol. The first-order chi connectivity index (χ1) is 10.6. The molecule has 0 aliphatic carbocycles. The van der Waals surface area contributed by atoms with E-state index in [0.717, 1.165) is 37.4 Å². The number of aromatic carboxylic acids is 1. The smallest absolute Gasteiger partial charge is 0.335 e. The summed E-state index contributed by atoms with van der Waals surface area (Å²) in [4.78, 5) is 24.9. The third kappa shape index (κ3) is 4.48. The molecule has 1 atom stereocenters. The van der Waals surface area contributed by atoms with E-state index >= 15 is 0 Å². The van der Waals surface area contributed by atoms with Crippen molar-refractivity contribution in [2.45, 2.75) is 39.2 Å². The molecule has 0 aromatic heterocycles. The molecule has 1 unspecified atom stereocenters. The Morgan fingerprint density at radius 3 is 2.59 bits per heavy atom. The van der Waals surface area contributed by atoms with Crippen molar-refractivity contribution in [3.05, 3.63) is 35.4 Å². The summed E-state index contributed by atoms with van der Waals surface area (Å²) in [5.41, 5.74) is 1.16. The molecule has 22 heavy (non-hydrogen) atoms. The summed E-state index contributed by atoms with van der Waals surface area (Å²) in [5, 5.41) is 11.8. The highest BCUT2D eigenvalue weighted by Gasteiger charge is 2.19. The number of urea groups is 1. The van der Waals surface area contributed by atoms with Crippen LogP contribution in [-0.2, 0) is 6.54 Å². The average molecular weight is 304 g/mol. The van der Waals surface area contributed by atoms with Crippen LogP contribution in [0, 0.1) is 5.92 Å². The van der Waals surface area contributed by atoms with E-state index in [1.165, 1.54) is 12.8 Å². The molecule has 0 bridgehead atoms. The Kier molecular flexibility index (Phi) is 5.81. The molecular formula is C17H24N2O3. The normalized spacial score (nSPS) is 18.6. The number of nitrogens with one attached hydrogen (secondary N) is 1. The van der Waals surface area contributed by atoms with Crippen molar-refractivity contribution in [1.82, 2.24) is 10.2 Å².